The number of aromatic nitrogens is 4. The number of fused-ring (bicyclic) bond motifs is 1. The topological polar surface area (TPSA) is 148 Å². The third-order valence-electron chi connectivity index (χ3n) is 3.78. The van der Waals surface area contributed by atoms with E-state index in [-0.39, 0.29) is 5.95 Å². The predicted octanol–water partition coefficient (Wildman–Crippen LogP) is -0.958. The van der Waals surface area contributed by atoms with Crippen LogP contribution < -0.4 is 11.5 Å². The number of anilines is 1. The molecule has 3 heterocycles. The van der Waals surface area contributed by atoms with Gasteiger partial charge in [0, 0.05) is 0 Å². The molecule has 0 saturated carbocycles. The summed E-state index contributed by atoms with van der Waals surface area (Å²) in [4.78, 5) is 11.1. The molecule has 9 nitrogen and oxygen atoms in total. The Morgan fingerprint density at radius 3 is 3.00 bits per heavy atom. The van der Waals surface area contributed by atoms with Gasteiger partial charge in [-0.05, 0) is 6.92 Å². The largest absolute Gasteiger partial charge is 0.394 e. The zero-order chi connectivity index (χ0) is 16.8. The Hall–Kier alpha value is -2.03. The van der Waals surface area contributed by atoms with Crippen molar-refractivity contribution in [1.29, 1.82) is 0 Å². The molecule has 3 rings (SSSR count). The van der Waals surface area contributed by atoms with E-state index in [0.717, 1.165) is 0 Å². The van der Waals surface area contributed by atoms with Crippen LogP contribution in [0.1, 0.15) is 13.2 Å². The lowest BCUT2D eigenvalue weighted by atomic mass is 9.91. The Bertz CT molecular complexity index is 868. The molecule has 0 amide bonds. The number of aromatic amines is 1. The number of aliphatic hydroxyl groups is 2. The highest BCUT2D eigenvalue weighted by molar-refractivity contribution is 7.71. The molecule has 2 aromatic heterocycles. The molecule has 0 spiro atoms. The van der Waals surface area contributed by atoms with Crippen LogP contribution in [0.3, 0.4) is 0 Å². The molecule has 0 aromatic carbocycles. The molecule has 23 heavy (non-hydrogen) atoms. The van der Waals surface area contributed by atoms with Crippen molar-refractivity contribution in [2.75, 3.05) is 12.3 Å². The standard InChI is InChI=1S/C13H16N6O3S/c1-2-3-13(15)8(21)6(4-20)22-11(13)19-5-16-7-9(19)17-12(14)18-10(7)23/h5-6,8,11,20-21H,4,15H2,1H3,(H3,14,17,18,23)/t6-,8+,11-,13?/m1/s1. The highest BCUT2D eigenvalue weighted by Crippen LogP contribution is 2.37. The maximum Gasteiger partial charge on any atom is 0.200 e. The van der Waals surface area contributed by atoms with Crippen LogP contribution in [0.25, 0.3) is 11.2 Å². The summed E-state index contributed by atoms with van der Waals surface area (Å²) in [7, 11) is 0. The van der Waals surface area contributed by atoms with Crippen LogP contribution in [0, 0.1) is 16.5 Å². The van der Waals surface area contributed by atoms with Crippen molar-refractivity contribution in [1.82, 2.24) is 19.5 Å². The average Bonchev–Trinajstić information content (AvgIpc) is 3.01. The van der Waals surface area contributed by atoms with Crippen molar-refractivity contribution < 1.29 is 14.9 Å². The lowest BCUT2D eigenvalue weighted by molar-refractivity contribution is -0.0447. The zero-order valence-corrected chi connectivity index (χ0v) is 13.0. The highest BCUT2D eigenvalue weighted by Gasteiger charge is 2.54. The third kappa shape index (κ3) is 2.30. The van der Waals surface area contributed by atoms with Gasteiger partial charge in [0.1, 0.15) is 22.4 Å². The van der Waals surface area contributed by atoms with Crippen LogP contribution in [0.2, 0.25) is 0 Å². The third-order valence-corrected chi connectivity index (χ3v) is 4.07. The molecule has 10 heteroatoms. The van der Waals surface area contributed by atoms with Crippen LogP contribution in [-0.2, 0) is 4.74 Å². The summed E-state index contributed by atoms with van der Waals surface area (Å²) in [5.74, 6) is 5.57. The molecule has 0 bridgehead atoms. The number of hydrogen-bond acceptors (Lipinski definition) is 8. The molecule has 1 aliphatic rings. The van der Waals surface area contributed by atoms with Gasteiger partial charge in [0.2, 0.25) is 5.95 Å². The van der Waals surface area contributed by atoms with Gasteiger partial charge >= 0.3 is 0 Å². The van der Waals surface area contributed by atoms with Gasteiger partial charge in [-0.15, -0.1) is 5.92 Å². The number of rotatable bonds is 2. The molecule has 1 aliphatic heterocycles. The molecule has 1 fully saturated rings. The van der Waals surface area contributed by atoms with E-state index in [9.17, 15) is 10.2 Å². The van der Waals surface area contributed by atoms with Crippen molar-refractivity contribution in [3.8, 4) is 11.8 Å². The Morgan fingerprint density at radius 2 is 2.35 bits per heavy atom. The molecule has 122 valence electrons. The van der Waals surface area contributed by atoms with E-state index in [4.69, 9.17) is 28.4 Å². The Balaban J connectivity index is 2.20. The van der Waals surface area contributed by atoms with E-state index in [0.29, 0.717) is 15.8 Å². The second kappa shape index (κ2) is 5.55. The SMILES string of the molecule is CC#CC1(N)[C@@H](O)[C@@H](CO)O[C@H]1n1cnc2c(=S)[nH]c(N)nc21. The molecule has 7 N–H and O–H groups in total. The molecule has 0 aliphatic carbocycles. The normalized spacial score (nSPS) is 30.3. The number of nitrogens with zero attached hydrogens (tertiary/aromatic N) is 3. The monoisotopic (exact) mass is 336 g/mol. The minimum atomic E-state index is -1.44. The fourth-order valence-electron chi connectivity index (χ4n) is 2.71. The average molecular weight is 336 g/mol. The van der Waals surface area contributed by atoms with E-state index in [1.165, 1.54) is 10.9 Å². The Labute approximate surface area is 136 Å². The van der Waals surface area contributed by atoms with Gasteiger partial charge < -0.3 is 31.4 Å². The summed E-state index contributed by atoms with van der Waals surface area (Å²) >= 11 is 5.17. The molecule has 1 unspecified atom stereocenters. The number of H-pyrrole nitrogens is 1. The fraction of sp³-hybridized carbons (Fsp3) is 0.462. The Morgan fingerprint density at radius 1 is 1.61 bits per heavy atom. The smallest absolute Gasteiger partial charge is 0.200 e. The quantitative estimate of drug-likeness (QED) is 0.348. The molecular weight excluding hydrogens is 320 g/mol. The first-order chi connectivity index (χ1) is 10.9. The second-order valence-corrected chi connectivity index (χ2v) is 5.65. The molecule has 0 radical (unpaired) electrons. The summed E-state index contributed by atoms with van der Waals surface area (Å²) in [5.41, 5.74) is 11.3. The first-order valence-corrected chi connectivity index (χ1v) is 7.22. The number of nitrogens with one attached hydrogen (secondary N) is 1. The van der Waals surface area contributed by atoms with E-state index in [1.807, 2.05) is 0 Å². The Kier molecular flexibility index (Phi) is 3.83. The van der Waals surface area contributed by atoms with Crippen molar-refractivity contribution in [3.63, 3.8) is 0 Å². The molecule has 1 saturated heterocycles. The van der Waals surface area contributed by atoms with E-state index in [1.54, 1.807) is 6.92 Å². The van der Waals surface area contributed by atoms with Crippen molar-refractivity contribution >= 4 is 29.3 Å². The summed E-state index contributed by atoms with van der Waals surface area (Å²) in [6.07, 6.45) is -1.52. The number of imidazole rings is 1. The molecular formula is C13H16N6O3S. The van der Waals surface area contributed by atoms with Crippen molar-refractivity contribution in [2.45, 2.75) is 30.9 Å². The van der Waals surface area contributed by atoms with E-state index in [2.05, 4.69) is 26.8 Å². The zero-order valence-electron chi connectivity index (χ0n) is 12.2. The van der Waals surface area contributed by atoms with Gasteiger partial charge in [-0.25, -0.2) is 4.98 Å². The van der Waals surface area contributed by atoms with Crippen LogP contribution >= 0.6 is 12.2 Å². The van der Waals surface area contributed by atoms with Crippen LogP contribution in [-0.4, -0.2) is 54.1 Å². The summed E-state index contributed by atoms with van der Waals surface area (Å²) in [6.45, 7) is 1.20. The van der Waals surface area contributed by atoms with Crippen molar-refractivity contribution in [2.24, 2.45) is 5.73 Å². The van der Waals surface area contributed by atoms with E-state index < -0.39 is 30.6 Å². The van der Waals surface area contributed by atoms with Gasteiger partial charge in [-0.3, -0.25) is 4.57 Å². The van der Waals surface area contributed by atoms with Crippen LogP contribution in [0.4, 0.5) is 5.95 Å². The first kappa shape index (κ1) is 15.9. The van der Waals surface area contributed by atoms with Gasteiger partial charge in [0.25, 0.3) is 0 Å². The number of ether oxygens (including phenoxy) is 1. The number of nitrogen functional groups attached to an aromatic ring is 1. The number of hydrogen-bond donors (Lipinski definition) is 5. The predicted molar refractivity (Wildman–Crippen MR) is 84.5 cm³/mol. The molecule has 4 atom stereocenters. The minimum absolute atomic E-state index is 0.116. The summed E-state index contributed by atoms with van der Waals surface area (Å²) < 4.78 is 7.53. The maximum absolute atomic E-state index is 10.4. The van der Waals surface area contributed by atoms with E-state index >= 15 is 0 Å². The van der Waals surface area contributed by atoms with Crippen molar-refractivity contribution in [3.05, 3.63) is 11.0 Å². The fourth-order valence-corrected chi connectivity index (χ4v) is 2.96. The van der Waals surface area contributed by atoms with Gasteiger partial charge in [0.05, 0.1) is 12.9 Å². The van der Waals surface area contributed by atoms with Gasteiger partial charge in [-0.2, -0.15) is 4.98 Å². The molecule has 2 aromatic rings. The summed E-state index contributed by atoms with van der Waals surface area (Å²) in [5, 5.41) is 19.8. The lowest BCUT2D eigenvalue weighted by Gasteiger charge is -2.27. The number of aliphatic hydroxyl groups excluding tert-OH is 2. The van der Waals surface area contributed by atoms with Gasteiger partial charge in [0.15, 0.2) is 17.4 Å². The lowest BCUT2D eigenvalue weighted by Crippen LogP contribution is -2.53. The van der Waals surface area contributed by atoms with Crippen LogP contribution in [0.5, 0.6) is 0 Å². The summed E-state index contributed by atoms with van der Waals surface area (Å²) in [6, 6.07) is 0. The second-order valence-electron chi connectivity index (χ2n) is 5.24. The minimum Gasteiger partial charge on any atom is -0.394 e. The number of nitrogens with two attached hydrogens (primary N) is 2. The maximum atomic E-state index is 10.4. The highest BCUT2D eigenvalue weighted by atomic mass is 32.1. The van der Waals surface area contributed by atoms with Crippen LogP contribution in [0.15, 0.2) is 6.33 Å². The van der Waals surface area contributed by atoms with Gasteiger partial charge in [-0.1, -0.05) is 18.1 Å². The first-order valence-electron chi connectivity index (χ1n) is 6.82.